The van der Waals surface area contributed by atoms with Crippen LogP contribution in [-0.2, 0) is 16.1 Å². The van der Waals surface area contributed by atoms with Gasteiger partial charge in [-0.05, 0) is 18.9 Å². The second-order valence-electron chi connectivity index (χ2n) is 4.12. The van der Waals surface area contributed by atoms with Crippen molar-refractivity contribution in [3.05, 3.63) is 18.4 Å². The second kappa shape index (κ2) is 3.34. The van der Waals surface area contributed by atoms with Crippen molar-refractivity contribution < 1.29 is 13.9 Å². The number of carbonyl (C=O) groups is 1. The van der Waals surface area contributed by atoms with Crippen LogP contribution in [0.25, 0.3) is 0 Å². The number of nitrogens with zero attached hydrogens (tertiary/aromatic N) is 1. The number of carbonyl (C=O) groups excluding carboxylic acids is 1. The summed E-state index contributed by atoms with van der Waals surface area (Å²) < 4.78 is 9.96. The lowest BCUT2D eigenvalue weighted by Gasteiger charge is -2.31. The van der Waals surface area contributed by atoms with E-state index in [0.717, 1.165) is 13.0 Å². The van der Waals surface area contributed by atoms with E-state index in [2.05, 4.69) is 10.3 Å². The van der Waals surface area contributed by atoms with E-state index < -0.39 is 0 Å². The molecular weight excluding hydrogens is 196 g/mol. The molecule has 5 nitrogen and oxygen atoms in total. The minimum atomic E-state index is -0.107. The molecule has 0 amide bonds. The van der Waals surface area contributed by atoms with Crippen molar-refractivity contribution in [2.24, 2.45) is 11.8 Å². The molecular formula is C10H12N2O3. The van der Waals surface area contributed by atoms with Gasteiger partial charge in [0.05, 0.1) is 5.92 Å². The fourth-order valence-corrected chi connectivity index (χ4v) is 2.38. The third kappa shape index (κ3) is 1.43. The highest BCUT2D eigenvalue weighted by atomic mass is 16.5. The lowest BCUT2D eigenvalue weighted by atomic mass is 9.74. The monoisotopic (exact) mass is 208 g/mol. The average Bonchev–Trinajstić information content (AvgIpc) is 2.91. The van der Waals surface area contributed by atoms with Gasteiger partial charge in [-0.15, -0.1) is 0 Å². The van der Waals surface area contributed by atoms with E-state index in [0.29, 0.717) is 17.7 Å². The van der Waals surface area contributed by atoms with Gasteiger partial charge < -0.3 is 14.5 Å². The van der Waals surface area contributed by atoms with E-state index in [9.17, 15) is 4.79 Å². The third-order valence-corrected chi connectivity index (χ3v) is 3.26. The highest BCUT2D eigenvalue weighted by molar-refractivity contribution is 5.75. The quantitative estimate of drug-likeness (QED) is 0.725. The molecule has 2 bridgehead atoms. The summed E-state index contributed by atoms with van der Waals surface area (Å²) in [6.45, 7) is 1.17. The van der Waals surface area contributed by atoms with Crippen molar-refractivity contribution in [2.45, 2.75) is 19.1 Å². The molecule has 1 aromatic rings. The first kappa shape index (κ1) is 8.91. The van der Waals surface area contributed by atoms with Gasteiger partial charge in [-0.3, -0.25) is 4.79 Å². The summed E-state index contributed by atoms with van der Waals surface area (Å²) in [7, 11) is 0. The average molecular weight is 208 g/mol. The Labute approximate surface area is 86.8 Å². The Balaban J connectivity index is 1.54. The first-order valence-electron chi connectivity index (χ1n) is 5.11. The van der Waals surface area contributed by atoms with Crippen molar-refractivity contribution in [1.29, 1.82) is 0 Å². The summed E-state index contributed by atoms with van der Waals surface area (Å²) in [5, 5.41) is 3.28. The Morgan fingerprint density at radius 2 is 2.67 bits per heavy atom. The highest BCUT2D eigenvalue weighted by Crippen LogP contribution is 2.40. The molecule has 0 radical (unpaired) electrons. The summed E-state index contributed by atoms with van der Waals surface area (Å²) in [5.74, 6) is 0.445. The Morgan fingerprint density at radius 1 is 1.73 bits per heavy atom. The molecule has 2 aliphatic heterocycles. The standard InChI is InChI=1S/C10H12N2O3/c13-10(9-6-1-8(9)11-2-6)15-4-7-3-14-5-12-7/h3,5-6,8-9,11H,1-2,4H2. The molecule has 1 aliphatic carbocycles. The zero-order valence-electron chi connectivity index (χ0n) is 8.18. The SMILES string of the molecule is O=C(OCc1cocn1)C1C2CNC1C2. The van der Waals surface area contributed by atoms with Gasteiger partial charge in [-0.1, -0.05) is 0 Å². The van der Waals surface area contributed by atoms with Crippen molar-refractivity contribution in [3.8, 4) is 0 Å². The van der Waals surface area contributed by atoms with E-state index >= 15 is 0 Å². The Bertz CT molecular complexity index is 349. The third-order valence-electron chi connectivity index (χ3n) is 3.26. The predicted octanol–water partition coefficient (Wildman–Crippen LogP) is 0.326. The first-order chi connectivity index (χ1) is 7.34. The van der Waals surface area contributed by atoms with E-state index in [1.807, 2.05) is 0 Å². The van der Waals surface area contributed by atoms with Crippen LogP contribution >= 0.6 is 0 Å². The normalized spacial score (nSPS) is 32.4. The fraction of sp³-hybridized carbons (Fsp3) is 0.600. The predicted molar refractivity (Wildman–Crippen MR) is 49.7 cm³/mol. The van der Waals surface area contributed by atoms with Crippen LogP contribution in [0.15, 0.2) is 17.1 Å². The zero-order chi connectivity index (χ0) is 10.3. The molecule has 4 rings (SSSR count). The molecule has 3 aliphatic rings. The maximum Gasteiger partial charge on any atom is 0.311 e. The minimum absolute atomic E-state index is 0.0666. The zero-order valence-corrected chi connectivity index (χ0v) is 8.18. The second-order valence-corrected chi connectivity index (χ2v) is 4.12. The molecule has 1 saturated carbocycles. The van der Waals surface area contributed by atoms with Gasteiger partial charge >= 0.3 is 5.97 Å². The van der Waals surface area contributed by atoms with Gasteiger partial charge in [-0.2, -0.15) is 0 Å². The number of esters is 1. The minimum Gasteiger partial charge on any atom is -0.459 e. The van der Waals surface area contributed by atoms with Crippen LogP contribution in [0.3, 0.4) is 0 Å². The van der Waals surface area contributed by atoms with Gasteiger partial charge in [0.2, 0.25) is 0 Å². The van der Waals surface area contributed by atoms with Crippen LogP contribution in [-0.4, -0.2) is 23.5 Å². The molecule has 3 unspecified atom stereocenters. The van der Waals surface area contributed by atoms with Crippen molar-refractivity contribution in [2.75, 3.05) is 6.54 Å². The van der Waals surface area contributed by atoms with Crippen LogP contribution in [0.2, 0.25) is 0 Å². The van der Waals surface area contributed by atoms with Crippen LogP contribution in [0.4, 0.5) is 0 Å². The smallest absolute Gasteiger partial charge is 0.311 e. The molecule has 0 spiro atoms. The molecule has 5 heteroatoms. The summed E-state index contributed by atoms with van der Waals surface area (Å²) in [4.78, 5) is 15.5. The number of nitrogens with one attached hydrogen (secondary N) is 1. The van der Waals surface area contributed by atoms with Gasteiger partial charge in [-0.25, -0.2) is 4.98 Å². The molecule has 15 heavy (non-hydrogen) atoms. The van der Waals surface area contributed by atoms with Crippen molar-refractivity contribution in [1.82, 2.24) is 10.3 Å². The van der Waals surface area contributed by atoms with Crippen LogP contribution in [0, 0.1) is 11.8 Å². The summed E-state index contributed by atoms with van der Waals surface area (Å²) in [6.07, 6.45) is 3.93. The molecule has 80 valence electrons. The molecule has 3 fully saturated rings. The van der Waals surface area contributed by atoms with Gasteiger partial charge in [0, 0.05) is 6.04 Å². The highest BCUT2D eigenvalue weighted by Gasteiger charge is 2.51. The van der Waals surface area contributed by atoms with E-state index in [4.69, 9.17) is 9.15 Å². The van der Waals surface area contributed by atoms with Crippen LogP contribution < -0.4 is 5.32 Å². The van der Waals surface area contributed by atoms with Crippen LogP contribution in [0.5, 0.6) is 0 Å². The number of ether oxygens (including phenoxy) is 1. The van der Waals surface area contributed by atoms with Crippen LogP contribution in [0.1, 0.15) is 12.1 Å². The number of hydrogen-bond donors (Lipinski definition) is 1. The van der Waals surface area contributed by atoms with E-state index in [1.165, 1.54) is 12.7 Å². The first-order valence-corrected chi connectivity index (χ1v) is 5.11. The molecule has 1 N–H and O–H groups in total. The maximum absolute atomic E-state index is 11.7. The van der Waals surface area contributed by atoms with Gasteiger partial charge in [0.25, 0.3) is 0 Å². The summed E-state index contributed by atoms with van der Waals surface area (Å²) in [6, 6.07) is 0.347. The number of aromatic nitrogens is 1. The molecule has 2 saturated heterocycles. The number of oxazole rings is 1. The number of hydrogen-bond acceptors (Lipinski definition) is 5. The largest absolute Gasteiger partial charge is 0.459 e. The van der Waals surface area contributed by atoms with Crippen molar-refractivity contribution >= 4 is 5.97 Å². The fourth-order valence-electron chi connectivity index (χ4n) is 2.38. The summed E-state index contributed by atoms with van der Waals surface area (Å²) in [5.41, 5.74) is 0.656. The van der Waals surface area contributed by atoms with E-state index in [-0.39, 0.29) is 18.5 Å². The molecule has 0 aromatic carbocycles. The number of fused-ring (bicyclic) bond motifs is 1. The lowest BCUT2D eigenvalue weighted by Crippen LogP contribution is -2.43. The Hall–Kier alpha value is -1.36. The Kier molecular flexibility index (Phi) is 1.98. The lowest BCUT2D eigenvalue weighted by molar-refractivity contribution is -0.155. The summed E-state index contributed by atoms with van der Waals surface area (Å²) >= 11 is 0. The van der Waals surface area contributed by atoms with E-state index in [1.54, 1.807) is 0 Å². The topological polar surface area (TPSA) is 64.4 Å². The van der Waals surface area contributed by atoms with Crippen molar-refractivity contribution in [3.63, 3.8) is 0 Å². The van der Waals surface area contributed by atoms with Gasteiger partial charge in [0.15, 0.2) is 6.39 Å². The number of rotatable bonds is 3. The molecule has 3 heterocycles. The Morgan fingerprint density at radius 3 is 3.27 bits per heavy atom. The molecule has 3 atom stereocenters. The van der Waals surface area contributed by atoms with Gasteiger partial charge in [0.1, 0.15) is 18.6 Å². The maximum atomic E-state index is 11.7. The molecule has 1 aromatic heterocycles.